The number of aromatic carboxylic acids is 1. The summed E-state index contributed by atoms with van der Waals surface area (Å²) in [6.07, 6.45) is 1.81. The first-order valence-electron chi connectivity index (χ1n) is 6.01. The van der Waals surface area contributed by atoms with Crippen molar-refractivity contribution in [3.05, 3.63) is 46.2 Å². The third-order valence-corrected chi connectivity index (χ3v) is 2.97. The molecule has 0 aliphatic carbocycles. The summed E-state index contributed by atoms with van der Waals surface area (Å²) in [5.74, 6) is -1.17. The molecule has 0 amide bonds. The second kappa shape index (κ2) is 5.04. The molecule has 0 radical (unpaired) electrons. The van der Waals surface area contributed by atoms with Gasteiger partial charge in [0.15, 0.2) is 0 Å². The molecule has 0 unspecified atom stereocenters. The molecule has 0 aliphatic rings. The highest BCUT2D eigenvalue weighted by Gasteiger charge is 2.13. The summed E-state index contributed by atoms with van der Waals surface area (Å²) in [6, 6.07) is 8.80. The second-order valence-corrected chi connectivity index (χ2v) is 4.23. The van der Waals surface area contributed by atoms with Crippen molar-refractivity contribution in [3.8, 4) is 0 Å². The fourth-order valence-electron chi connectivity index (χ4n) is 2.02. The molecule has 1 aromatic carbocycles. The number of aromatic nitrogens is 1. The van der Waals surface area contributed by atoms with Gasteiger partial charge in [-0.2, -0.15) is 0 Å². The first-order valence-corrected chi connectivity index (χ1v) is 6.01. The topological polar surface area (TPSA) is 59.3 Å². The van der Waals surface area contributed by atoms with Crippen molar-refractivity contribution in [3.63, 3.8) is 0 Å². The zero-order valence-corrected chi connectivity index (χ0v) is 10.2. The Morgan fingerprint density at radius 3 is 2.72 bits per heavy atom. The van der Waals surface area contributed by atoms with Crippen molar-refractivity contribution < 1.29 is 9.90 Å². The van der Waals surface area contributed by atoms with E-state index in [1.165, 1.54) is 6.07 Å². The second-order valence-electron chi connectivity index (χ2n) is 4.23. The lowest BCUT2D eigenvalue weighted by atomic mass is 10.1. The fourth-order valence-corrected chi connectivity index (χ4v) is 2.02. The Bertz CT molecular complexity index is 643. The summed E-state index contributed by atoms with van der Waals surface area (Å²) in [5.41, 5.74) is 0.209. The number of carbonyl (C=O) groups is 1. The zero-order valence-electron chi connectivity index (χ0n) is 10.2. The van der Waals surface area contributed by atoms with E-state index in [1.807, 2.05) is 31.2 Å². The van der Waals surface area contributed by atoms with Gasteiger partial charge in [0.1, 0.15) is 5.56 Å². The number of rotatable bonds is 4. The molecule has 0 bridgehead atoms. The van der Waals surface area contributed by atoms with Crippen LogP contribution in [0.15, 0.2) is 35.1 Å². The maximum absolute atomic E-state index is 12.1. The van der Waals surface area contributed by atoms with E-state index in [1.54, 1.807) is 4.57 Å². The van der Waals surface area contributed by atoms with Crippen LogP contribution in [0.1, 0.15) is 30.1 Å². The van der Waals surface area contributed by atoms with Crippen molar-refractivity contribution >= 4 is 16.9 Å². The number of hydrogen-bond donors (Lipinski definition) is 1. The molecule has 0 fully saturated rings. The van der Waals surface area contributed by atoms with Gasteiger partial charge in [0.2, 0.25) is 0 Å². The minimum absolute atomic E-state index is 0.162. The predicted molar refractivity (Wildman–Crippen MR) is 70.1 cm³/mol. The summed E-state index contributed by atoms with van der Waals surface area (Å²) in [7, 11) is 0. The highest BCUT2D eigenvalue weighted by atomic mass is 16.4. The first kappa shape index (κ1) is 12.4. The van der Waals surface area contributed by atoms with Crippen molar-refractivity contribution in [1.29, 1.82) is 0 Å². The average molecular weight is 245 g/mol. The molecule has 0 saturated carbocycles. The molecule has 0 saturated heterocycles. The number of pyridine rings is 1. The zero-order chi connectivity index (χ0) is 13.1. The first-order chi connectivity index (χ1) is 8.65. The van der Waals surface area contributed by atoms with Gasteiger partial charge in [0.25, 0.3) is 5.56 Å². The normalized spacial score (nSPS) is 10.7. The number of carboxylic acids is 1. The van der Waals surface area contributed by atoms with Crippen molar-refractivity contribution in [2.24, 2.45) is 0 Å². The number of nitrogens with zero attached hydrogens (tertiary/aromatic N) is 1. The Kier molecular flexibility index (Phi) is 3.46. The highest BCUT2D eigenvalue weighted by Crippen LogP contribution is 2.14. The lowest BCUT2D eigenvalue weighted by Crippen LogP contribution is -2.26. The summed E-state index contributed by atoms with van der Waals surface area (Å²) in [6.45, 7) is 2.59. The van der Waals surface area contributed by atoms with Crippen LogP contribution in [0.3, 0.4) is 0 Å². The smallest absolute Gasteiger partial charge is 0.341 e. The van der Waals surface area contributed by atoms with E-state index in [-0.39, 0.29) is 5.56 Å². The standard InChI is InChI=1S/C14H15NO3/c1-2-3-8-15-12-7-5-4-6-10(12)9-11(13(15)16)14(17)18/h4-7,9H,2-3,8H2,1H3,(H,17,18). The Balaban J connectivity index is 2.73. The van der Waals surface area contributed by atoms with Gasteiger partial charge in [-0.05, 0) is 23.9 Å². The quantitative estimate of drug-likeness (QED) is 0.900. The van der Waals surface area contributed by atoms with E-state index in [4.69, 9.17) is 5.11 Å². The number of carboxylic acid groups (broad SMARTS) is 1. The Morgan fingerprint density at radius 2 is 2.06 bits per heavy atom. The third kappa shape index (κ3) is 2.14. The molecule has 1 aromatic heterocycles. The van der Waals surface area contributed by atoms with Gasteiger partial charge < -0.3 is 9.67 Å². The van der Waals surface area contributed by atoms with Gasteiger partial charge in [0.05, 0.1) is 5.52 Å². The van der Waals surface area contributed by atoms with Crippen LogP contribution in [-0.2, 0) is 6.54 Å². The third-order valence-electron chi connectivity index (χ3n) is 2.97. The van der Waals surface area contributed by atoms with Crippen molar-refractivity contribution in [1.82, 2.24) is 4.57 Å². The molecule has 18 heavy (non-hydrogen) atoms. The molecule has 4 heteroatoms. The van der Waals surface area contributed by atoms with Crippen LogP contribution in [0, 0.1) is 0 Å². The molecule has 1 heterocycles. The molecular formula is C14H15NO3. The van der Waals surface area contributed by atoms with Crippen LogP contribution in [0.25, 0.3) is 10.9 Å². The van der Waals surface area contributed by atoms with Gasteiger partial charge in [-0.15, -0.1) is 0 Å². The van der Waals surface area contributed by atoms with Gasteiger partial charge in [-0.1, -0.05) is 31.5 Å². The molecule has 94 valence electrons. The van der Waals surface area contributed by atoms with Gasteiger partial charge in [-0.25, -0.2) is 4.79 Å². The maximum Gasteiger partial charge on any atom is 0.341 e. The predicted octanol–water partition coefficient (Wildman–Crippen LogP) is 2.50. The SMILES string of the molecule is CCCCn1c(=O)c(C(=O)O)cc2ccccc21. The van der Waals surface area contributed by atoms with Crippen LogP contribution in [0.2, 0.25) is 0 Å². The molecular weight excluding hydrogens is 230 g/mol. The number of aryl methyl sites for hydroxylation is 1. The van der Waals surface area contributed by atoms with Crippen LogP contribution in [-0.4, -0.2) is 15.6 Å². The summed E-state index contributed by atoms with van der Waals surface area (Å²) in [5, 5.41) is 9.84. The number of para-hydroxylation sites is 1. The monoisotopic (exact) mass is 245 g/mol. The van der Waals surface area contributed by atoms with E-state index in [9.17, 15) is 9.59 Å². The highest BCUT2D eigenvalue weighted by molar-refractivity contribution is 5.92. The van der Waals surface area contributed by atoms with E-state index >= 15 is 0 Å². The largest absolute Gasteiger partial charge is 0.477 e. The Morgan fingerprint density at radius 1 is 1.33 bits per heavy atom. The average Bonchev–Trinajstić information content (AvgIpc) is 2.37. The molecule has 1 N–H and O–H groups in total. The van der Waals surface area contributed by atoms with Crippen LogP contribution in [0.4, 0.5) is 0 Å². The van der Waals surface area contributed by atoms with E-state index in [0.717, 1.165) is 23.7 Å². The number of benzene rings is 1. The van der Waals surface area contributed by atoms with Crippen molar-refractivity contribution in [2.45, 2.75) is 26.3 Å². The molecule has 4 nitrogen and oxygen atoms in total. The molecule has 2 aromatic rings. The van der Waals surface area contributed by atoms with Crippen molar-refractivity contribution in [2.75, 3.05) is 0 Å². The minimum atomic E-state index is -1.17. The Hall–Kier alpha value is -2.10. The van der Waals surface area contributed by atoms with Gasteiger partial charge in [0, 0.05) is 6.54 Å². The number of hydrogen-bond acceptors (Lipinski definition) is 2. The van der Waals surface area contributed by atoms with Crippen LogP contribution in [0.5, 0.6) is 0 Å². The fraction of sp³-hybridized carbons (Fsp3) is 0.286. The van der Waals surface area contributed by atoms with E-state index in [2.05, 4.69) is 0 Å². The summed E-state index contributed by atoms with van der Waals surface area (Å²) in [4.78, 5) is 23.2. The van der Waals surface area contributed by atoms with Gasteiger partial charge >= 0.3 is 5.97 Å². The van der Waals surface area contributed by atoms with Gasteiger partial charge in [-0.3, -0.25) is 4.79 Å². The summed E-state index contributed by atoms with van der Waals surface area (Å²) >= 11 is 0. The number of fused-ring (bicyclic) bond motifs is 1. The molecule has 2 rings (SSSR count). The minimum Gasteiger partial charge on any atom is -0.477 e. The molecule has 0 atom stereocenters. The Labute approximate surface area is 104 Å². The maximum atomic E-state index is 12.1. The summed E-state index contributed by atoms with van der Waals surface area (Å²) < 4.78 is 1.56. The lowest BCUT2D eigenvalue weighted by Gasteiger charge is -2.10. The van der Waals surface area contributed by atoms with E-state index < -0.39 is 11.5 Å². The van der Waals surface area contributed by atoms with Crippen LogP contribution < -0.4 is 5.56 Å². The van der Waals surface area contributed by atoms with Crippen LogP contribution >= 0.6 is 0 Å². The molecule has 0 aliphatic heterocycles. The molecule has 0 spiro atoms. The number of unbranched alkanes of at least 4 members (excludes halogenated alkanes) is 1. The van der Waals surface area contributed by atoms with E-state index in [0.29, 0.717) is 6.54 Å². The lowest BCUT2D eigenvalue weighted by molar-refractivity contribution is 0.0694.